The molecule has 11 heteroatoms. The molecule has 2 aromatic carbocycles. The fraction of sp³-hybridized carbons (Fsp3) is 0.409. The monoisotopic (exact) mass is 476 g/mol. The lowest BCUT2D eigenvalue weighted by atomic mass is 9.98. The number of piperidine rings is 1. The van der Waals surface area contributed by atoms with E-state index in [0.717, 1.165) is 6.42 Å². The number of rotatable bonds is 6. The molecule has 1 fully saturated rings. The first-order valence-corrected chi connectivity index (χ1v) is 12.1. The summed E-state index contributed by atoms with van der Waals surface area (Å²) < 4.78 is 44.0. The molecule has 0 atom stereocenters. The SMILES string of the molecule is O=C(OCc1ccc([N+](=O)[O-])cc1)C1CCN(S(=O)(=O)c2ccc3c(c2)OCCCO3)CC1. The van der Waals surface area contributed by atoms with Crippen LogP contribution in [0.15, 0.2) is 47.4 Å². The zero-order valence-electron chi connectivity index (χ0n) is 17.8. The number of sulfonamides is 1. The topological polar surface area (TPSA) is 125 Å². The Balaban J connectivity index is 1.32. The molecular weight excluding hydrogens is 452 g/mol. The van der Waals surface area contributed by atoms with E-state index in [1.165, 1.54) is 40.7 Å². The highest BCUT2D eigenvalue weighted by atomic mass is 32.2. The maximum Gasteiger partial charge on any atom is 0.309 e. The van der Waals surface area contributed by atoms with Crippen LogP contribution in [-0.2, 0) is 26.2 Å². The van der Waals surface area contributed by atoms with Crippen molar-refractivity contribution in [1.29, 1.82) is 0 Å². The number of benzene rings is 2. The molecule has 1 saturated heterocycles. The average molecular weight is 477 g/mol. The highest BCUT2D eigenvalue weighted by molar-refractivity contribution is 7.89. The zero-order valence-corrected chi connectivity index (χ0v) is 18.7. The third-order valence-electron chi connectivity index (χ3n) is 5.67. The molecule has 2 aliphatic rings. The Hall–Kier alpha value is -3.18. The van der Waals surface area contributed by atoms with Gasteiger partial charge >= 0.3 is 5.97 Å². The Morgan fingerprint density at radius 1 is 1.06 bits per heavy atom. The lowest BCUT2D eigenvalue weighted by molar-refractivity contribution is -0.384. The molecule has 0 aromatic heterocycles. The zero-order chi connectivity index (χ0) is 23.4. The summed E-state index contributed by atoms with van der Waals surface area (Å²) in [7, 11) is -3.73. The van der Waals surface area contributed by atoms with Gasteiger partial charge in [0.05, 0.1) is 29.0 Å². The summed E-state index contributed by atoms with van der Waals surface area (Å²) in [6.07, 6.45) is 1.43. The van der Waals surface area contributed by atoms with Crippen molar-refractivity contribution < 1.29 is 32.3 Å². The van der Waals surface area contributed by atoms with Crippen LogP contribution < -0.4 is 9.47 Å². The quantitative estimate of drug-likeness (QED) is 0.354. The molecule has 0 spiro atoms. The molecule has 2 heterocycles. The van der Waals surface area contributed by atoms with Gasteiger partial charge in [0, 0.05) is 37.7 Å². The summed E-state index contributed by atoms with van der Waals surface area (Å²) in [4.78, 5) is 22.8. The third kappa shape index (κ3) is 5.25. The van der Waals surface area contributed by atoms with Crippen molar-refractivity contribution >= 4 is 21.7 Å². The van der Waals surface area contributed by atoms with Gasteiger partial charge in [-0.25, -0.2) is 8.42 Å². The maximum absolute atomic E-state index is 13.1. The molecular formula is C22H24N2O8S. The van der Waals surface area contributed by atoms with E-state index in [-0.39, 0.29) is 30.3 Å². The van der Waals surface area contributed by atoms with Crippen LogP contribution in [0.3, 0.4) is 0 Å². The highest BCUT2D eigenvalue weighted by Crippen LogP contribution is 2.34. The lowest BCUT2D eigenvalue weighted by Crippen LogP contribution is -2.40. The van der Waals surface area contributed by atoms with E-state index >= 15 is 0 Å². The van der Waals surface area contributed by atoms with Gasteiger partial charge in [-0.2, -0.15) is 4.31 Å². The molecule has 2 aliphatic heterocycles. The first-order valence-electron chi connectivity index (χ1n) is 10.6. The number of nitrogens with zero attached hydrogens (tertiary/aromatic N) is 2. The van der Waals surface area contributed by atoms with Crippen molar-refractivity contribution in [3.05, 3.63) is 58.1 Å². The fourth-order valence-corrected chi connectivity index (χ4v) is 5.26. The summed E-state index contributed by atoms with van der Waals surface area (Å²) in [5, 5.41) is 10.7. The molecule has 4 rings (SSSR count). The number of hydrogen-bond acceptors (Lipinski definition) is 8. The van der Waals surface area contributed by atoms with Crippen LogP contribution in [-0.4, -0.2) is 49.9 Å². The second kappa shape index (κ2) is 9.75. The molecule has 2 aromatic rings. The second-order valence-electron chi connectivity index (χ2n) is 7.87. The van der Waals surface area contributed by atoms with Crippen molar-refractivity contribution in [3.8, 4) is 11.5 Å². The van der Waals surface area contributed by atoms with E-state index in [4.69, 9.17) is 14.2 Å². The number of nitro groups is 1. The normalized spacial score (nSPS) is 17.2. The van der Waals surface area contributed by atoms with Crippen molar-refractivity contribution in [3.63, 3.8) is 0 Å². The number of hydrogen-bond donors (Lipinski definition) is 0. The van der Waals surface area contributed by atoms with Gasteiger partial charge in [0.2, 0.25) is 10.0 Å². The van der Waals surface area contributed by atoms with E-state index < -0.39 is 26.8 Å². The minimum Gasteiger partial charge on any atom is -0.490 e. The van der Waals surface area contributed by atoms with Crippen molar-refractivity contribution in [2.75, 3.05) is 26.3 Å². The van der Waals surface area contributed by atoms with Crippen LogP contribution in [0.2, 0.25) is 0 Å². The van der Waals surface area contributed by atoms with Gasteiger partial charge in [0.25, 0.3) is 5.69 Å². The van der Waals surface area contributed by atoms with E-state index in [2.05, 4.69) is 0 Å². The molecule has 0 saturated carbocycles. The molecule has 10 nitrogen and oxygen atoms in total. The smallest absolute Gasteiger partial charge is 0.309 e. The molecule has 0 N–H and O–H groups in total. The largest absolute Gasteiger partial charge is 0.490 e. The van der Waals surface area contributed by atoms with Crippen LogP contribution in [0.25, 0.3) is 0 Å². The summed E-state index contributed by atoms with van der Waals surface area (Å²) in [6, 6.07) is 10.4. The Labute approximate surface area is 191 Å². The minimum absolute atomic E-state index is 0.00649. The molecule has 0 unspecified atom stereocenters. The van der Waals surface area contributed by atoms with Crippen molar-refractivity contribution in [1.82, 2.24) is 4.31 Å². The van der Waals surface area contributed by atoms with Gasteiger partial charge in [-0.05, 0) is 42.7 Å². The number of non-ortho nitro benzene ring substituents is 1. The molecule has 0 radical (unpaired) electrons. The Bertz CT molecular complexity index is 1130. The predicted octanol–water partition coefficient (Wildman–Crippen LogP) is 2.90. The summed E-state index contributed by atoms with van der Waals surface area (Å²) in [6.45, 7) is 1.39. The number of carbonyl (C=O) groups is 1. The second-order valence-corrected chi connectivity index (χ2v) is 9.81. The number of nitro benzene ring substituents is 1. The average Bonchev–Trinajstić information content (AvgIpc) is 3.08. The minimum atomic E-state index is -3.73. The molecule has 33 heavy (non-hydrogen) atoms. The molecule has 176 valence electrons. The Kier molecular flexibility index (Phi) is 6.80. The van der Waals surface area contributed by atoms with Crippen molar-refractivity contribution in [2.45, 2.75) is 30.8 Å². The summed E-state index contributed by atoms with van der Waals surface area (Å²) in [5.41, 5.74) is 0.607. The van der Waals surface area contributed by atoms with E-state index in [1.54, 1.807) is 6.07 Å². The number of ether oxygens (including phenoxy) is 3. The predicted molar refractivity (Wildman–Crippen MR) is 116 cm³/mol. The summed E-state index contributed by atoms with van der Waals surface area (Å²) in [5.74, 6) is 0.137. The maximum atomic E-state index is 13.1. The number of esters is 1. The Morgan fingerprint density at radius 3 is 2.39 bits per heavy atom. The van der Waals surface area contributed by atoms with Crippen molar-refractivity contribution in [2.24, 2.45) is 5.92 Å². The van der Waals surface area contributed by atoms with Crippen LogP contribution in [0.4, 0.5) is 5.69 Å². The molecule has 0 bridgehead atoms. The number of fused-ring (bicyclic) bond motifs is 1. The molecule has 0 aliphatic carbocycles. The van der Waals surface area contributed by atoms with Crippen LogP contribution in [0, 0.1) is 16.0 Å². The lowest BCUT2D eigenvalue weighted by Gasteiger charge is -2.30. The number of carbonyl (C=O) groups excluding carboxylic acids is 1. The van der Waals surface area contributed by atoms with E-state index in [9.17, 15) is 23.3 Å². The first-order chi connectivity index (χ1) is 15.8. The van der Waals surface area contributed by atoms with Gasteiger partial charge in [-0.15, -0.1) is 0 Å². The van der Waals surface area contributed by atoms with Gasteiger partial charge < -0.3 is 14.2 Å². The third-order valence-corrected chi connectivity index (χ3v) is 7.57. The van der Waals surface area contributed by atoms with Gasteiger partial charge in [0.1, 0.15) is 6.61 Å². The standard InChI is InChI=1S/C22H24N2O8S/c25-22(32-15-16-2-4-18(5-3-16)24(26)27)17-8-10-23(11-9-17)33(28,29)19-6-7-20-21(14-19)31-13-1-12-30-20/h2-7,14,17H,1,8-13,15H2. The summed E-state index contributed by atoms with van der Waals surface area (Å²) >= 11 is 0. The van der Waals surface area contributed by atoms with Gasteiger partial charge in [0.15, 0.2) is 11.5 Å². The van der Waals surface area contributed by atoms with Crippen LogP contribution in [0.1, 0.15) is 24.8 Å². The Morgan fingerprint density at radius 2 is 1.73 bits per heavy atom. The first kappa shape index (κ1) is 23.0. The van der Waals surface area contributed by atoms with Crippen LogP contribution >= 0.6 is 0 Å². The highest BCUT2D eigenvalue weighted by Gasteiger charge is 2.33. The fourth-order valence-electron chi connectivity index (χ4n) is 3.77. The van der Waals surface area contributed by atoms with E-state index in [1.807, 2.05) is 0 Å². The van der Waals surface area contributed by atoms with Gasteiger partial charge in [-0.3, -0.25) is 14.9 Å². The van der Waals surface area contributed by atoms with Gasteiger partial charge in [-0.1, -0.05) is 0 Å². The van der Waals surface area contributed by atoms with E-state index in [0.29, 0.717) is 43.1 Å². The van der Waals surface area contributed by atoms with Crippen LogP contribution in [0.5, 0.6) is 11.5 Å². The molecule has 0 amide bonds.